The average Bonchev–Trinajstić information content (AvgIpc) is 1.66. The van der Waals surface area contributed by atoms with Crippen LogP contribution in [0.15, 0.2) is 24.0 Å². The maximum atomic E-state index is 8.61. The van der Waals surface area contributed by atoms with Crippen LogP contribution < -0.4 is 0 Å². The Kier molecular flexibility index (Phi) is 4.04. The molecule has 0 unspecified atom stereocenters. The first-order valence-corrected chi connectivity index (χ1v) is 2.74. The van der Waals surface area contributed by atoms with E-state index in [2.05, 4.69) is 0 Å². The zero-order valence-electron chi connectivity index (χ0n) is 5.39. The van der Waals surface area contributed by atoms with E-state index in [0.717, 1.165) is 6.42 Å². The Morgan fingerprint density at radius 3 is 2.62 bits per heavy atom. The van der Waals surface area contributed by atoms with E-state index in [9.17, 15) is 0 Å². The summed E-state index contributed by atoms with van der Waals surface area (Å²) in [5, 5.41) is 8.61. The van der Waals surface area contributed by atoms with Crippen molar-refractivity contribution in [1.29, 1.82) is 0 Å². The van der Waals surface area contributed by atoms with Crippen LogP contribution in [0.3, 0.4) is 0 Å². The molecule has 1 nitrogen and oxygen atoms in total. The van der Waals surface area contributed by atoms with Crippen LogP contribution in [0.1, 0.15) is 20.3 Å². The van der Waals surface area contributed by atoms with E-state index in [1.807, 2.05) is 19.1 Å². The van der Waals surface area contributed by atoms with Crippen molar-refractivity contribution in [3.05, 3.63) is 24.0 Å². The number of aliphatic hydroxyl groups excluding tert-OH is 1. The van der Waals surface area contributed by atoms with E-state index in [4.69, 9.17) is 5.11 Å². The molecule has 8 heavy (non-hydrogen) atoms. The fourth-order valence-corrected chi connectivity index (χ4v) is 0.375. The average molecular weight is 112 g/mol. The highest BCUT2D eigenvalue weighted by molar-refractivity contribution is 4.93. The molecule has 0 aromatic carbocycles. The quantitative estimate of drug-likeness (QED) is 0.429. The van der Waals surface area contributed by atoms with Gasteiger partial charge in [-0.15, -0.1) is 0 Å². The van der Waals surface area contributed by atoms with Crippen LogP contribution in [0.4, 0.5) is 0 Å². The number of hydrogen-bond donors (Lipinski definition) is 1. The first-order chi connectivity index (χ1) is 3.77. The van der Waals surface area contributed by atoms with E-state index < -0.39 is 0 Å². The summed E-state index contributed by atoms with van der Waals surface area (Å²) >= 11 is 0. The maximum absolute atomic E-state index is 8.61. The fraction of sp³-hybridized carbons (Fsp3) is 0.429. The molecule has 0 aromatic heterocycles. The molecule has 0 bridgehead atoms. The first kappa shape index (κ1) is 7.28. The predicted molar refractivity (Wildman–Crippen MR) is 35.8 cm³/mol. The summed E-state index contributed by atoms with van der Waals surface area (Å²) < 4.78 is 0. The lowest BCUT2D eigenvalue weighted by Crippen LogP contribution is -1.67. The minimum atomic E-state index is 0.392. The SMILES string of the molecule is C/C=C\C/C=C(\C)O. The highest BCUT2D eigenvalue weighted by Crippen LogP contribution is 1.89. The molecular formula is C7H12O. The Labute approximate surface area is 50.3 Å². The van der Waals surface area contributed by atoms with Crippen LogP contribution in [0.5, 0.6) is 0 Å². The van der Waals surface area contributed by atoms with Crippen molar-refractivity contribution in [2.75, 3.05) is 0 Å². The molecule has 0 aromatic rings. The highest BCUT2D eigenvalue weighted by Gasteiger charge is 1.73. The van der Waals surface area contributed by atoms with E-state index in [1.165, 1.54) is 0 Å². The number of allylic oxidation sites excluding steroid dienone is 4. The monoisotopic (exact) mass is 112 g/mol. The molecule has 0 fully saturated rings. The lowest BCUT2D eigenvalue weighted by Gasteiger charge is -1.83. The predicted octanol–water partition coefficient (Wildman–Crippen LogP) is 2.41. The summed E-state index contributed by atoms with van der Waals surface area (Å²) in [6, 6.07) is 0. The Bertz CT molecular complexity index is 97.0. The summed E-state index contributed by atoms with van der Waals surface area (Å²) in [5.74, 6) is 0.392. The minimum absolute atomic E-state index is 0.392. The van der Waals surface area contributed by atoms with E-state index in [0.29, 0.717) is 5.76 Å². The highest BCUT2D eigenvalue weighted by atomic mass is 16.3. The Morgan fingerprint density at radius 1 is 1.62 bits per heavy atom. The zero-order chi connectivity index (χ0) is 6.41. The molecule has 0 aliphatic carbocycles. The molecule has 0 saturated heterocycles. The standard InChI is InChI=1S/C7H12O/c1-3-4-5-6-7(2)8/h3-4,6,8H,5H2,1-2H3/b4-3-,7-6+. The van der Waals surface area contributed by atoms with Crippen LogP contribution >= 0.6 is 0 Å². The van der Waals surface area contributed by atoms with Crippen molar-refractivity contribution in [2.45, 2.75) is 20.3 Å². The first-order valence-electron chi connectivity index (χ1n) is 2.74. The normalized spacial score (nSPS) is 13.0. The molecule has 0 radical (unpaired) electrons. The van der Waals surface area contributed by atoms with Gasteiger partial charge in [0.05, 0.1) is 5.76 Å². The third-order valence-electron chi connectivity index (χ3n) is 0.785. The van der Waals surface area contributed by atoms with Gasteiger partial charge in [0.25, 0.3) is 0 Å². The van der Waals surface area contributed by atoms with E-state index in [1.54, 1.807) is 13.0 Å². The molecular weight excluding hydrogens is 100 g/mol. The topological polar surface area (TPSA) is 20.2 Å². The summed E-state index contributed by atoms with van der Waals surface area (Å²) in [7, 11) is 0. The summed E-state index contributed by atoms with van der Waals surface area (Å²) in [6.45, 7) is 3.63. The van der Waals surface area contributed by atoms with Gasteiger partial charge >= 0.3 is 0 Å². The Hall–Kier alpha value is -0.720. The third-order valence-corrected chi connectivity index (χ3v) is 0.785. The summed E-state index contributed by atoms with van der Waals surface area (Å²) in [5.41, 5.74) is 0. The van der Waals surface area contributed by atoms with Crippen molar-refractivity contribution < 1.29 is 5.11 Å². The second kappa shape index (κ2) is 4.44. The van der Waals surface area contributed by atoms with Crippen molar-refractivity contribution in [2.24, 2.45) is 0 Å². The molecule has 46 valence electrons. The molecule has 0 atom stereocenters. The van der Waals surface area contributed by atoms with Gasteiger partial charge in [0, 0.05) is 0 Å². The molecule has 1 heteroatoms. The van der Waals surface area contributed by atoms with Gasteiger partial charge in [-0.25, -0.2) is 0 Å². The van der Waals surface area contributed by atoms with Gasteiger partial charge < -0.3 is 5.11 Å². The summed E-state index contributed by atoms with van der Waals surface area (Å²) in [6.07, 6.45) is 6.54. The molecule has 0 aliphatic rings. The summed E-state index contributed by atoms with van der Waals surface area (Å²) in [4.78, 5) is 0. The van der Waals surface area contributed by atoms with Gasteiger partial charge in [-0.3, -0.25) is 0 Å². The molecule has 1 N–H and O–H groups in total. The number of hydrogen-bond acceptors (Lipinski definition) is 1. The lowest BCUT2D eigenvalue weighted by atomic mass is 10.3. The molecule has 0 rings (SSSR count). The van der Waals surface area contributed by atoms with Gasteiger partial charge in [0.2, 0.25) is 0 Å². The largest absolute Gasteiger partial charge is 0.513 e. The van der Waals surface area contributed by atoms with E-state index in [-0.39, 0.29) is 0 Å². The van der Waals surface area contributed by atoms with Crippen LogP contribution in [0, 0.1) is 0 Å². The Balaban J connectivity index is 3.30. The van der Waals surface area contributed by atoms with Gasteiger partial charge in [-0.2, -0.15) is 0 Å². The van der Waals surface area contributed by atoms with Gasteiger partial charge in [-0.05, 0) is 26.3 Å². The molecule has 0 heterocycles. The zero-order valence-corrected chi connectivity index (χ0v) is 5.39. The van der Waals surface area contributed by atoms with Crippen molar-refractivity contribution in [3.8, 4) is 0 Å². The number of rotatable bonds is 2. The van der Waals surface area contributed by atoms with Crippen molar-refractivity contribution in [1.82, 2.24) is 0 Å². The van der Waals surface area contributed by atoms with E-state index >= 15 is 0 Å². The minimum Gasteiger partial charge on any atom is -0.513 e. The maximum Gasteiger partial charge on any atom is 0.0855 e. The van der Waals surface area contributed by atoms with Crippen molar-refractivity contribution >= 4 is 0 Å². The van der Waals surface area contributed by atoms with Gasteiger partial charge in [0.1, 0.15) is 0 Å². The van der Waals surface area contributed by atoms with Crippen LogP contribution in [-0.4, -0.2) is 5.11 Å². The smallest absolute Gasteiger partial charge is 0.0855 e. The molecule has 0 saturated carbocycles. The number of aliphatic hydroxyl groups is 1. The second-order valence-electron chi connectivity index (χ2n) is 1.65. The molecule has 0 amide bonds. The second-order valence-corrected chi connectivity index (χ2v) is 1.65. The molecule has 0 spiro atoms. The van der Waals surface area contributed by atoms with Crippen LogP contribution in [0.2, 0.25) is 0 Å². The van der Waals surface area contributed by atoms with Crippen molar-refractivity contribution in [3.63, 3.8) is 0 Å². The fourth-order valence-electron chi connectivity index (χ4n) is 0.375. The van der Waals surface area contributed by atoms with Crippen LogP contribution in [0.25, 0.3) is 0 Å². The Morgan fingerprint density at radius 2 is 2.25 bits per heavy atom. The molecule has 0 aliphatic heterocycles. The van der Waals surface area contributed by atoms with Gasteiger partial charge in [0.15, 0.2) is 0 Å². The van der Waals surface area contributed by atoms with Gasteiger partial charge in [-0.1, -0.05) is 12.2 Å². The lowest BCUT2D eigenvalue weighted by molar-refractivity contribution is 0.412. The third kappa shape index (κ3) is 5.28. The van der Waals surface area contributed by atoms with Crippen LogP contribution in [-0.2, 0) is 0 Å².